The third kappa shape index (κ3) is 5.95. The molecular weight excluding hydrogens is 172 g/mol. The normalized spacial score (nSPS) is 12.6. The van der Waals surface area contributed by atoms with Crippen molar-refractivity contribution in [3.05, 3.63) is 25.3 Å². The Labute approximate surface area is 89.3 Å². The van der Waals surface area contributed by atoms with Gasteiger partial charge in [0, 0.05) is 0 Å². The van der Waals surface area contributed by atoms with Crippen molar-refractivity contribution in [3.63, 3.8) is 0 Å². The molecular formula is C12H26N2+2. The minimum Gasteiger partial charge on any atom is -0.321 e. The van der Waals surface area contributed by atoms with Crippen molar-refractivity contribution in [2.75, 3.05) is 54.4 Å². The average Bonchev–Trinajstić information content (AvgIpc) is 2.01. The SMILES string of the molecule is C=CC[N+](C)(C)CC[N+](C)(C)CC=C. The fraction of sp³-hybridized carbons (Fsp3) is 0.667. The van der Waals surface area contributed by atoms with E-state index in [-0.39, 0.29) is 0 Å². The summed E-state index contributed by atoms with van der Waals surface area (Å²) in [5, 5.41) is 0. The second-order valence-electron chi connectivity index (χ2n) is 5.26. The van der Waals surface area contributed by atoms with Crippen LogP contribution in [0.5, 0.6) is 0 Å². The van der Waals surface area contributed by atoms with Crippen LogP contribution in [-0.4, -0.2) is 63.3 Å². The lowest BCUT2D eigenvalue weighted by atomic mass is 10.3. The molecule has 2 nitrogen and oxygen atoms in total. The van der Waals surface area contributed by atoms with Gasteiger partial charge in [-0.15, -0.1) is 0 Å². The van der Waals surface area contributed by atoms with E-state index in [9.17, 15) is 0 Å². The first-order valence-corrected chi connectivity index (χ1v) is 5.19. The summed E-state index contributed by atoms with van der Waals surface area (Å²) in [5.74, 6) is 0. The molecule has 0 saturated carbocycles. The van der Waals surface area contributed by atoms with Crippen LogP contribution >= 0.6 is 0 Å². The number of hydrogen-bond acceptors (Lipinski definition) is 0. The molecule has 0 atom stereocenters. The summed E-state index contributed by atoms with van der Waals surface area (Å²) in [5.41, 5.74) is 0. The first-order valence-electron chi connectivity index (χ1n) is 5.19. The highest BCUT2D eigenvalue weighted by Gasteiger charge is 2.20. The lowest BCUT2D eigenvalue weighted by molar-refractivity contribution is -0.940. The van der Waals surface area contributed by atoms with Crippen LogP contribution in [0.25, 0.3) is 0 Å². The molecule has 0 amide bonds. The first-order chi connectivity index (χ1) is 6.33. The van der Waals surface area contributed by atoms with Gasteiger partial charge < -0.3 is 8.97 Å². The van der Waals surface area contributed by atoms with Crippen LogP contribution in [0, 0.1) is 0 Å². The molecule has 0 rings (SSSR count). The standard InChI is InChI=1S/C12H26N2/c1-7-9-13(3,4)11-12-14(5,6)10-8-2/h7-8H,1-2,9-12H2,3-6H3/q+2. The van der Waals surface area contributed by atoms with E-state index in [1.807, 2.05) is 12.2 Å². The average molecular weight is 198 g/mol. The van der Waals surface area contributed by atoms with Gasteiger partial charge in [0.15, 0.2) is 0 Å². The number of nitrogens with zero attached hydrogens (tertiary/aromatic N) is 2. The Hall–Kier alpha value is -0.600. The fourth-order valence-corrected chi connectivity index (χ4v) is 1.42. The lowest BCUT2D eigenvalue weighted by Crippen LogP contribution is -2.50. The minimum absolute atomic E-state index is 1.02. The van der Waals surface area contributed by atoms with Gasteiger partial charge in [-0.1, -0.05) is 13.2 Å². The Morgan fingerprint density at radius 2 is 1.07 bits per heavy atom. The molecule has 0 aromatic heterocycles. The van der Waals surface area contributed by atoms with Crippen molar-refractivity contribution in [2.45, 2.75) is 0 Å². The van der Waals surface area contributed by atoms with E-state index in [1.165, 1.54) is 13.1 Å². The van der Waals surface area contributed by atoms with E-state index >= 15 is 0 Å². The highest BCUT2D eigenvalue weighted by molar-refractivity contribution is 4.65. The largest absolute Gasteiger partial charge is 0.321 e. The zero-order chi connectivity index (χ0) is 11.2. The molecule has 0 bridgehead atoms. The summed E-state index contributed by atoms with van der Waals surface area (Å²) in [4.78, 5) is 0. The highest BCUT2D eigenvalue weighted by Crippen LogP contribution is 2.02. The van der Waals surface area contributed by atoms with Gasteiger partial charge in [-0.2, -0.15) is 0 Å². The predicted octanol–water partition coefficient (Wildman–Crippen LogP) is 1.51. The Morgan fingerprint density at radius 1 is 0.786 bits per heavy atom. The van der Waals surface area contributed by atoms with Crippen LogP contribution in [0.3, 0.4) is 0 Å². The molecule has 14 heavy (non-hydrogen) atoms. The molecule has 0 saturated heterocycles. The molecule has 0 unspecified atom stereocenters. The fourth-order valence-electron chi connectivity index (χ4n) is 1.42. The smallest absolute Gasteiger partial charge is 0.128 e. The molecule has 0 aliphatic carbocycles. The maximum Gasteiger partial charge on any atom is 0.128 e. The van der Waals surface area contributed by atoms with Gasteiger partial charge >= 0.3 is 0 Å². The van der Waals surface area contributed by atoms with Gasteiger partial charge in [-0.05, 0) is 12.2 Å². The molecule has 0 aromatic carbocycles. The molecule has 0 fully saturated rings. The second-order valence-corrected chi connectivity index (χ2v) is 5.26. The van der Waals surface area contributed by atoms with E-state index in [0.29, 0.717) is 0 Å². The highest BCUT2D eigenvalue weighted by atomic mass is 15.4. The van der Waals surface area contributed by atoms with E-state index in [4.69, 9.17) is 0 Å². The molecule has 0 radical (unpaired) electrons. The van der Waals surface area contributed by atoms with Crippen LogP contribution in [0.2, 0.25) is 0 Å². The van der Waals surface area contributed by atoms with Crippen molar-refractivity contribution < 1.29 is 8.97 Å². The van der Waals surface area contributed by atoms with Gasteiger partial charge in [0.25, 0.3) is 0 Å². The molecule has 0 spiro atoms. The van der Waals surface area contributed by atoms with Crippen LogP contribution in [-0.2, 0) is 0 Å². The number of quaternary nitrogens is 2. The number of hydrogen-bond donors (Lipinski definition) is 0. The molecule has 2 heteroatoms. The van der Waals surface area contributed by atoms with Crippen molar-refractivity contribution in [1.82, 2.24) is 0 Å². The predicted molar refractivity (Wildman–Crippen MR) is 64.1 cm³/mol. The van der Waals surface area contributed by atoms with Crippen molar-refractivity contribution in [3.8, 4) is 0 Å². The molecule has 0 aliphatic rings. The maximum absolute atomic E-state index is 3.79. The summed E-state index contributed by atoms with van der Waals surface area (Å²) >= 11 is 0. The molecule has 0 heterocycles. The molecule has 0 aromatic rings. The Bertz CT molecular complexity index is 170. The topological polar surface area (TPSA) is 0 Å². The summed E-state index contributed by atoms with van der Waals surface area (Å²) < 4.78 is 2.03. The Kier molecular flexibility index (Phi) is 5.09. The first kappa shape index (κ1) is 13.4. The molecule has 82 valence electrons. The minimum atomic E-state index is 1.02. The van der Waals surface area contributed by atoms with E-state index < -0.39 is 0 Å². The summed E-state index contributed by atoms with van der Waals surface area (Å²) in [6.07, 6.45) is 3.99. The van der Waals surface area contributed by atoms with Crippen molar-refractivity contribution in [2.24, 2.45) is 0 Å². The maximum atomic E-state index is 3.79. The molecule has 0 aliphatic heterocycles. The Balaban J connectivity index is 4.02. The monoisotopic (exact) mass is 198 g/mol. The van der Waals surface area contributed by atoms with Gasteiger partial charge in [0.05, 0.1) is 41.3 Å². The van der Waals surface area contributed by atoms with Gasteiger partial charge in [0.1, 0.15) is 13.1 Å². The van der Waals surface area contributed by atoms with E-state index in [1.54, 1.807) is 0 Å². The van der Waals surface area contributed by atoms with Crippen molar-refractivity contribution >= 4 is 0 Å². The van der Waals surface area contributed by atoms with Gasteiger partial charge in [-0.25, -0.2) is 0 Å². The van der Waals surface area contributed by atoms with Crippen LogP contribution in [0.4, 0.5) is 0 Å². The van der Waals surface area contributed by atoms with Crippen LogP contribution < -0.4 is 0 Å². The van der Waals surface area contributed by atoms with Crippen molar-refractivity contribution in [1.29, 1.82) is 0 Å². The summed E-state index contributed by atoms with van der Waals surface area (Å²) in [7, 11) is 8.98. The summed E-state index contributed by atoms with van der Waals surface area (Å²) in [6, 6.07) is 0. The van der Waals surface area contributed by atoms with Gasteiger partial charge in [0.2, 0.25) is 0 Å². The third-order valence-corrected chi connectivity index (χ3v) is 2.56. The second kappa shape index (κ2) is 5.32. The third-order valence-electron chi connectivity index (χ3n) is 2.56. The Morgan fingerprint density at radius 3 is 1.29 bits per heavy atom. The quantitative estimate of drug-likeness (QED) is 0.430. The van der Waals surface area contributed by atoms with E-state index in [2.05, 4.69) is 41.3 Å². The zero-order valence-electron chi connectivity index (χ0n) is 10.3. The number of likely N-dealkylation sites (N-methyl/N-ethyl adjacent to an activating group) is 2. The summed E-state index contributed by atoms with van der Waals surface area (Å²) in [6.45, 7) is 12.0. The zero-order valence-corrected chi connectivity index (χ0v) is 10.3. The lowest BCUT2D eigenvalue weighted by Gasteiger charge is -2.34. The molecule has 0 N–H and O–H groups in total. The van der Waals surface area contributed by atoms with E-state index in [0.717, 1.165) is 22.1 Å². The van der Waals surface area contributed by atoms with Gasteiger partial charge in [-0.3, -0.25) is 0 Å². The van der Waals surface area contributed by atoms with Crippen LogP contribution in [0.1, 0.15) is 0 Å². The number of rotatable bonds is 7. The van der Waals surface area contributed by atoms with Crippen LogP contribution in [0.15, 0.2) is 25.3 Å².